The number of likely N-dealkylation sites (tertiary alicyclic amines) is 1. The molecule has 142 valence electrons. The lowest BCUT2D eigenvalue weighted by molar-refractivity contribution is -0.142. The molecule has 10 nitrogen and oxygen atoms in total. The van der Waals surface area contributed by atoms with Crippen molar-refractivity contribution in [2.24, 2.45) is 5.73 Å². The number of aryl methyl sites for hydroxylation is 1. The van der Waals surface area contributed by atoms with E-state index in [2.05, 4.69) is 0 Å². The summed E-state index contributed by atoms with van der Waals surface area (Å²) in [5, 5.41) is 37.8. The largest absolute Gasteiger partial charge is 0.669 e. The summed E-state index contributed by atoms with van der Waals surface area (Å²) in [6.45, 7) is -3.16. The van der Waals surface area contributed by atoms with Gasteiger partial charge in [0.25, 0.3) is 0 Å². The lowest BCUT2D eigenvalue weighted by Gasteiger charge is -2.41. The molecule has 3 rings (SSSR count). The molecule has 0 aliphatic carbocycles. The number of hydrogen-bond acceptors (Lipinski definition) is 8. The molecule has 0 radical (unpaired) electrons. The SMILES string of the molecule is N[C@H](CO)C(=O)N1CC(Oc2ccc3c(c2C(=O)O)O[B-](O)(O)CC3)C1. The summed E-state index contributed by atoms with van der Waals surface area (Å²) >= 11 is 0. The van der Waals surface area contributed by atoms with Gasteiger partial charge in [0.2, 0.25) is 5.91 Å². The van der Waals surface area contributed by atoms with E-state index < -0.39 is 37.4 Å². The molecule has 1 aromatic carbocycles. The van der Waals surface area contributed by atoms with Crippen LogP contribution in [-0.4, -0.2) is 75.6 Å². The summed E-state index contributed by atoms with van der Waals surface area (Å²) in [6, 6.07) is 2.11. The Bertz CT molecular complexity index is 735. The Morgan fingerprint density at radius 2 is 2.08 bits per heavy atom. The average molecular weight is 367 g/mol. The van der Waals surface area contributed by atoms with E-state index in [1.165, 1.54) is 11.0 Å². The van der Waals surface area contributed by atoms with Gasteiger partial charge in [-0.1, -0.05) is 12.4 Å². The zero-order valence-corrected chi connectivity index (χ0v) is 13.9. The summed E-state index contributed by atoms with van der Waals surface area (Å²) in [4.78, 5) is 24.9. The normalized spacial score (nSPS) is 19.8. The molecule has 26 heavy (non-hydrogen) atoms. The van der Waals surface area contributed by atoms with E-state index in [0.717, 1.165) is 0 Å². The third kappa shape index (κ3) is 3.47. The molecule has 0 spiro atoms. The number of ether oxygens (including phenoxy) is 1. The number of rotatable bonds is 5. The number of fused-ring (bicyclic) bond motifs is 1. The van der Waals surface area contributed by atoms with Crippen LogP contribution in [0.15, 0.2) is 12.1 Å². The van der Waals surface area contributed by atoms with Crippen LogP contribution in [0.25, 0.3) is 0 Å². The molecule has 11 heteroatoms. The zero-order chi connectivity index (χ0) is 19.1. The fourth-order valence-electron chi connectivity index (χ4n) is 3.02. The highest BCUT2D eigenvalue weighted by Crippen LogP contribution is 2.38. The molecule has 1 aromatic rings. The van der Waals surface area contributed by atoms with E-state index in [1.807, 2.05) is 0 Å². The minimum absolute atomic E-state index is 0.0168. The zero-order valence-electron chi connectivity index (χ0n) is 13.9. The standard InChI is InChI=1S/C15H20BN2O8/c17-10(7-19)14(20)18-5-9(6-18)25-11-2-1-8-3-4-16(23,24)26-13(8)12(11)15(21)22/h1-2,9-10,19,23-24H,3-7,17H2,(H,21,22)/q-1/t10-/m1/s1. The number of nitrogens with zero attached hydrogens (tertiary/aromatic N) is 1. The molecule has 2 aliphatic heterocycles. The lowest BCUT2D eigenvalue weighted by atomic mass is 9.70. The van der Waals surface area contributed by atoms with Gasteiger partial charge >= 0.3 is 12.7 Å². The van der Waals surface area contributed by atoms with E-state index >= 15 is 0 Å². The summed E-state index contributed by atoms with van der Waals surface area (Å²) in [7, 11) is 0. The minimum atomic E-state index is -3.11. The van der Waals surface area contributed by atoms with Gasteiger partial charge in [0, 0.05) is 0 Å². The molecular weight excluding hydrogens is 347 g/mol. The Morgan fingerprint density at radius 3 is 2.69 bits per heavy atom. The number of carbonyl (C=O) groups is 2. The molecule has 1 amide bonds. The van der Waals surface area contributed by atoms with Gasteiger partial charge in [0.05, 0.1) is 25.4 Å². The Morgan fingerprint density at radius 1 is 1.38 bits per heavy atom. The number of nitrogens with two attached hydrogens (primary N) is 1. The third-order valence-electron chi connectivity index (χ3n) is 4.48. The highest BCUT2D eigenvalue weighted by atomic mass is 16.6. The first-order valence-electron chi connectivity index (χ1n) is 8.22. The first-order chi connectivity index (χ1) is 12.2. The van der Waals surface area contributed by atoms with E-state index in [0.29, 0.717) is 5.56 Å². The second-order valence-corrected chi connectivity index (χ2v) is 6.52. The number of carbonyl (C=O) groups excluding carboxylic acids is 1. The fraction of sp³-hybridized carbons (Fsp3) is 0.467. The van der Waals surface area contributed by atoms with Crippen LogP contribution in [0.5, 0.6) is 11.5 Å². The highest BCUT2D eigenvalue weighted by Gasteiger charge is 2.37. The number of carboxylic acids is 1. The lowest BCUT2D eigenvalue weighted by Crippen LogP contribution is -2.60. The van der Waals surface area contributed by atoms with Crippen molar-refractivity contribution in [3.63, 3.8) is 0 Å². The predicted molar refractivity (Wildman–Crippen MR) is 88.8 cm³/mol. The average Bonchev–Trinajstić information content (AvgIpc) is 2.54. The van der Waals surface area contributed by atoms with Gasteiger partial charge in [-0.15, -0.1) is 0 Å². The maximum atomic E-state index is 11.8. The van der Waals surface area contributed by atoms with Gasteiger partial charge in [0.1, 0.15) is 23.5 Å². The van der Waals surface area contributed by atoms with E-state index in [4.69, 9.17) is 20.2 Å². The summed E-state index contributed by atoms with van der Waals surface area (Å²) in [5.74, 6) is -1.82. The second-order valence-electron chi connectivity index (χ2n) is 6.52. The van der Waals surface area contributed by atoms with Crippen LogP contribution in [0, 0.1) is 0 Å². The molecule has 0 bridgehead atoms. The quantitative estimate of drug-likeness (QED) is 0.376. The maximum Gasteiger partial charge on any atom is 0.430 e. The van der Waals surface area contributed by atoms with Crippen LogP contribution in [-0.2, 0) is 11.2 Å². The molecule has 1 atom stereocenters. The van der Waals surface area contributed by atoms with Crippen molar-refractivity contribution < 1.29 is 39.2 Å². The monoisotopic (exact) mass is 367 g/mol. The maximum absolute atomic E-state index is 11.8. The second kappa shape index (κ2) is 6.76. The van der Waals surface area contributed by atoms with E-state index in [9.17, 15) is 24.7 Å². The number of hydrogen-bond donors (Lipinski definition) is 5. The number of aliphatic hydroxyl groups is 1. The Kier molecular flexibility index (Phi) is 4.80. The van der Waals surface area contributed by atoms with Crippen LogP contribution in [0.2, 0.25) is 6.32 Å². The van der Waals surface area contributed by atoms with Gasteiger partial charge in [0.15, 0.2) is 0 Å². The first kappa shape index (κ1) is 18.5. The number of amides is 1. The Hall–Kier alpha value is -2.34. The van der Waals surface area contributed by atoms with Crippen molar-refractivity contribution in [3.8, 4) is 11.5 Å². The summed E-state index contributed by atoms with van der Waals surface area (Å²) < 4.78 is 10.8. The van der Waals surface area contributed by atoms with Gasteiger partial charge in [-0.05, 0) is 18.1 Å². The predicted octanol–water partition coefficient (Wildman–Crippen LogP) is -1.85. The molecule has 2 heterocycles. The van der Waals surface area contributed by atoms with Crippen LogP contribution in [0.4, 0.5) is 0 Å². The Labute approximate surface area is 148 Å². The number of aromatic carboxylic acids is 1. The van der Waals surface area contributed by atoms with Crippen molar-refractivity contribution in [2.75, 3.05) is 19.7 Å². The molecule has 1 saturated heterocycles. The molecule has 2 aliphatic rings. The van der Waals surface area contributed by atoms with E-state index in [-0.39, 0.29) is 42.9 Å². The fourth-order valence-corrected chi connectivity index (χ4v) is 3.02. The van der Waals surface area contributed by atoms with Gasteiger partial charge in [-0.25, -0.2) is 4.79 Å². The molecule has 1 fully saturated rings. The smallest absolute Gasteiger partial charge is 0.430 e. The van der Waals surface area contributed by atoms with Crippen molar-refractivity contribution >= 4 is 18.6 Å². The summed E-state index contributed by atoms with van der Waals surface area (Å²) in [6.07, 6.45) is -0.187. The molecule has 0 aromatic heterocycles. The van der Waals surface area contributed by atoms with Crippen molar-refractivity contribution in [3.05, 3.63) is 23.3 Å². The molecule has 0 saturated carbocycles. The van der Waals surface area contributed by atoms with Gasteiger partial charge in [-0.3, -0.25) is 4.79 Å². The molecular formula is C15H20BN2O8-. The summed E-state index contributed by atoms with van der Waals surface area (Å²) in [5.41, 5.74) is 5.74. The van der Waals surface area contributed by atoms with Crippen molar-refractivity contribution in [1.82, 2.24) is 4.90 Å². The third-order valence-corrected chi connectivity index (χ3v) is 4.48. The van der Waals surface area contributed by atoms with Crippen molar-refractivity contribution in [2.45, 2.75) is 24.9 Å². The number of benzene rings is 1. The highest BCUT2D eigenvalue weighted by molar-refractivity contribution is 6.59. The first-order valence-corrected chi connectivity index (χ1v) is 8.22. The Balaban J connectivity index is 1.76. The van der Waals surface area contributed by atoms with Crippen LogP contribution < -0.4 is 15.1 Å². The van der Waals surface area contributed by atoms with Gasteiger partial charge in [-0.2, -0.15) is 0 Å². The van der Waals surface area contributed by atoms with Crippen LogP contribution >= 0.6 is 0 Å². The minimum Gasteiger partial charge on any atom is -0.669 e. The van der Waals surface area contributed by atoms with Crippen LogP contribution in [0.1, 0.15) is 15.9 Å². The van der Waals surface area contributed by atoms with Crippen LogP contribution in [0.3, 0.4) is 0 Å². The van der Waals surface area contributed by atoms with E-state index in [1.54, 1.807) is 6.07 Å². The van der Waals surface area contributed by atoms with Gasteiger partial charge < -0.3 is 40.3 Å². The topological polar surface area (TPSA) is 163 Å². The molecule has 6 N–H and O–H groups in total. The van der Waals surface area contributed by atoms with Crippen molar-refractivity contribution in [1.29, 1.82) is 0 Å². The number of aliphatic hydroxyl groups excluding tert-OH is 1. The number of carboxylic acid groups (broad SMARTS) is 1. The molecule has 0 unspecified atom stereocenters.